The lowest BCUT2D eigenvalue weighted by atomic mass is 10.1. The summed E-state index contributed by atoms with van der Waals surface area (Å²) in [6, 6.07) is 0.769. The molecule has 1 heteroatoms. The van der Waals surface area contributed by atoms with Crippen LogP contribution in [-0.4, -0.2) is 12.6 Å². The van der Waals surface area contributed by atoms with Gasteiger partial charge < -0.3 is 5.32 Å². The van der Waals surface area contributed by atoms with E-state index in [0.717, 1.165) is 6.04 Å². The summed E-state index contributed by atoms with van der Waals surface area (Å²) >= 11 is 0. The van der Waals surface area contributed by atoms with E-state index >= 15 is 0 Å². The fourth-order valence-electron chi connectivity index (χ4n) is 2.01. The highest BCUT2D eigenvalue weighted by Gasteiger charge is 2.02. The van der Waals surface area contributed by atoms with E-state index in [4.69, 9.17) is 0 Å². The van der Waals surface area contributed by atoms with Crippen molar-refractivity contribution < 1.29 is 0 Å². The Morgan fingerprint density at radius 2 is 1.47 bits per heavy atom. The van der Waals surface area contributed by atoms with Gasteiger partial charge in [0.05, 0.1) is 0 Å². The first-order chi connectivity index (χ1) is 7.35. The Morgan fingerprint density at radius 1 is 0.800 bits per heavy atom. The molecule has 0 fully saturated rings. The van der Waals surface area contributed by atoms with Crippen LogP contribution in [-0.2, 0) is 0 Å². The minimum atomic E-state index is 0.769. The quantitative estimate of drug-likeness (QED) is 0.498. The van der Waals surface area contributed by atoms with Gasteiger partial charge >= 0.3 is 0 Å². The van der Waals surface area contributed by atoms with E-state index in [1.165, 1.54) is 64.3 Å². The maximum absolute atomic E-state index is 3.66. The van der Waals surface area contributed by atoms with Gasteiger partial charge in [-0.25, -0.2) is 0 Å². The van der Waals surface area contributed by atoms with Gasteiger partial charge in [-0.3, -0.25) is 0 Å². The predicted molar refractivity (Wildman–Crippen MR) is 70.4 cm³/mol. The van der Waals surface area contributed by atoms with Gasteiger partial charge in [-0.05, 0) is 25.8 Å². The predicted octanol–water partition coefficient (Wildman–Crippen LogP) is 4.52. The average Bonchev–Trinajstić information content (AvgIpc) is 2.26. The van der Waals surface area contributed by atoms with Crippen LogP contribution in [0.5, 0.6) is 0 Å². The fraction of sp³-hybridized carbons (Fsp3) is 1.00. The second kappa shape index (κ2) is 12.0. The summed E-state index contributed by atoms with van der Waals surface area (Å²) in [5.74, 6) is 0. The molecular formula is C14H31N. The molecule has 0 heterocycles. The Morgan fingerprint density at radius 3 is 2.07 bits per heavy atom. The normalized spacial score (nSPS) is 13.0. The Bertz CT molecular complexity index is 112. The maximum atomic E-state index is 3.66. The molecule has 0 radical (unpaired) electrons. The van der Waals surface area contributed by atoms with Crippen LogP contribution in [0.15, 0.2) is 0 Å². The van der Waals surface area contributed by atoms with Crippen LogP contribution in [0.4, 0.5) is 0 Å². The first-order valence-electron chi connectivity index (χ1n) is 7.08. The fourth-order valence-corrected chi connectivity index (χ4v) is 2.01. The third kappa shape index (κ3) is 10.2. The SMILES string of the molecule is CCCCCCCCNC(CC)CCC. The highest BCUT2D eigenvalue weighted by atomic mass is 14.9. The number of hydrogen-bond acceptors (Lipinski definition) is 1. The number of rotatable bonds is 11. The highest BCUT2D eigenvalue weighted by Crippen LogP contribution is 2.05. The van der Waals surface area contributed by atoms with E-state index in [0.29, 0.717) is 0 Å². The van der Waals surface area contributed by atoms with Crippen LogP contribution in [0.2, 0.25) is 0 Å². The van der Waals surface area contributed by atoms with E-state index in [9.17, 15) is 0 Å². The summed E-state index contributed by atoms with van der Waals surface area (Å²) in [4.78, 5) is 0. The lowest BCUT2D eigenvalue weighted by molar-refractivity contribution is 0.450. The van der Waals surface area contributed by atoms with Gasteiger partial charge in [-0.1, -0.05) is 59.3 Å². The topological polar surface area (TPSA) is 12.0 Å². The summed E-state index contributed by atoms with van der Waals surface area (Å²) in [5.41, 5.74) is 0. The molecule has 0 saturated heterocycles. The average molecular weight is 213 g/mol. The number of hydrogen-bond donors (Lipinski definition) is 1. The zero-order valence-corrected chi connectivity index (χ0v) is 11.1. The Kier molecular flexibility index (Phi) is 12.0. The Balaban J connectivity index is 3.14. The summed E-state index contributed by atoms with van der Waals surface area (Å²) in [6.45, 7) is 8.06. The Hall–Kier alpha value is -0.0400. The molecule has 0 aliphatic rings. The first-order valence-corrected chi connectivity index (χ1v) is 7.08. The molecule has 0 spiro atoms. The largest absolute Gasteiger partial charge is 0.314 e. The van der Waals surface area contributed by atoms with Crippen molar-refractivity contribution >= 4 is 0 Å². The zero-order chi connectivity index (χ0) is 11.4. The second-order valence-corrected chi connectivity index (χ2v) is 4.62. The van der Waals surface area contributed by atoms with E-state index in [2.05, 4.69) is 26.1 Å². The standard InChI is InChI=1S/C14H31N/c1-4-7-8-9-10-11-13-15-14(6-3)12-5-2/h14-15H,4-13H2,1-3H3. The van der Waals surface area contributed by atoms with E-state index in [1.807, 2.05) is 0 Å². The third-order valence-corrected chi connectivity index (χ3v) is 3.09. The lowest BCUT2D eigenvalue weighted by Gasteiger charge is -2.15. The second-order valence-electron chi connectivity index (χ2n) is 4.62. The number of nitrogens with one attached hydrogen (secondary N) is 1. The monoisotopic (exact) mass is 213 g/mol. The van der Waals surface area contributed by atoms with Crippen molar-refractivity contribution in [2.75, 3.05) is 6.54 Å². The smallest absolute Gasteiger partial charge is 0.00643 e. The maximum Gasteiger partial charge on any atom is 0.00643 e. The molecule has 1 unspecified atom stereocenters. The summed E-state index contributed by atoms with van der Waals surface area (Å²) in [7, 11) is 0. The summed E-state index contributed by atoms with van der Waals surface area (Å²) < 4.78 is 0. The van der Waals surface area contributed by atoms with Gasteiger partial charge in [0.1, 0.15) is 0 Å². The molecular weight excluding hydrogens is 182 g/mol. The molecule has 0 aliphatic heterocycles. The van der Waals surface area contributed by atoms with Crippen molar-refractivity contribution in [1.29, 1.82) is 0 Å². The van der Waals surface area contributed by atoms with Gasteiger partial charge in [0.2, 0.25) is 0 Å². The van der Waals surface area contributed by atoms with Gasteiger partial charge in [0.15, 0.2) is 0 Å². The van der Waals surface area contributed by atoms with Gasteiger partial charge in [-0.15, -0.1) is 0 Å². The summed E-state index contributed by atoms with van der Waals surface area (Å²) in [6.07, 6.45) is 12.3. The van der Waals surface area contributed by atoms with Crippen molar-refractivity contribution in [3.8, 4) is 0 Å². The van der Waals surface area contributed by atoms with Crippen LogP contribution in [0.1, 0.15) is 78.6 Å². The van der Waals surface area contributed by atoms with E-state index < -0.39 is 0 Å². The molecule has 1 N–H and O–H groups in total. The van der Waals surface area contributed by atoms with Crippen molar-refractivity contribution in [3.63, 3.8) is 0 Å². The minimum Gasteiger partial charge on any atom is -0.314 e. The molecule has 0 aliphatic carbocycles. The Labute approximate surface area is 97.0 Å². The van der Waals surface area contributed by atoms with Crippen molar-refractivity contribution in [3.05, 3.63) is 0 Å². The number of unbranched alkanes of at least 4 members (excludes halogenated alkanes) is 5. The van der Waals surface area contributed by atoms with Crippen LogP contribution in [0.3, 0.4) is 0 Å². The molecule has 0 aromatic carbocycles. The van der Waals surface area contributed by atoms with Gasteiger partial charge in [-0.2, -0.15) is 0 Å². The molecule has 1 atom stereocenters. The molecule has 15 heavy (non-hydrogen) atoms. The van der Waals surface area contributed by atoms with Crippen molar-refractivity contribution in [2.45, 2.75) is 84.6 Å². The van der Waals surface area contributed by atoms with Gasteiger partial charge in [0.25, 0.3) is 0 Å². The van der Waals surface area contributed by atoms with E-state index in [-0.39, 0.29) is 0 Å². The molecule has 0 aromatic rings. The summed E-state index contributed by atoms with van der Waals surface area (Å²) in [5, 5.41) is 3.66. The molecule has 92 valence electrons. The molecule has 0 amide bonds. The van der Waals surface area contributed by atoms with Crippen molar-refractivity contribution in [2.24, 2.45) is 0 Å². The molecule has 0 saturated carbocycles. The minimum absolute atomic E-state index is 0.769. The first kappa shape index (κ1) is 15.0. The van der Waals surface area contributed by atoms with Gasteiger partial charge in [0, 0.05) is 6.04 Å². The lowest BCUT2D eigenvalue weighted by Crippen LogP contribution is -2.29. The molecule has 1 nitrogen and oxygen atoms in total. The molecule has 0 rings (SSSR count). The zero-order valence-electron chi connectivity index (χ0n) is 11.1. The van der Waals surface area contributed by atoms with E-state index in [1.54, 1.807) is 0 Å². The van der Waals surface area contributed by atoms with Crippen molar-refractivity contribution in [1.82, 2.24) is 5.32 Å². The highest BCUT2D eigenvalue weighted by molar-refractivity contribution is 4.63. The third-order valence-electron chi connectivity index (χ3n) is 3.09. The van der Waals surface area contributed by atoms with Crippen LogP contribution in [0.25, 0.3) is 0 Å². The van der Waals surface area contributed by atoms with Crippen LogP contribution < -0.4 is 5.32 Å². The molecule has 0 aromatic heterocycles. The molecule has 0 bridgehead atoms. The van der Waals surface area contributed by atoms with Crippen LogP contribution >= 0.6 is 0 Å². The van der Waals surface area contributed by atoms with Crippen LogP contribution in [0, 0.1) is 0 Å².